The topological polar surface area (TPSA) is 26.3 Å². The second kappa shape index (κ2) is 2.26. The van der Waals surface area contributed by atoms with Gasteiger partial charge in [-0.05, 0) is 6.07 Å². The highest BCUT2D eigenvalue weighted by molar-refractivity contribution is 5.56. The van der Waals surface area contributed by atoms with Gasteiger partial charge in [0.05, 0.1) is 0 Å². The Hall–Kier alpha value is -1.53. The monoisotopic (exact) mass is 146 g/mol. The van der Waals surface area contributed by atoms with Gasteiger partial charge >= 0.3 is 0 Å². The summed E-state index contributed by atoms with van der Waals surface area (Å²) >= 11 is 0. The smallest absolute Gasteiger partial charge is 0.191 e. The van der Waals surface area contributed by atoms with Crippen molar-refractivity contribution in [2.45, 2.75) is 6.42 Å². The predicted octanol–water partition coefficient (Wildman–Crippen LogP) is 1.34. The number of hydrogen-bond donors (Lipinski definition) is 0. The van der Waals surface area contributed by atoms with Gasteiger partial charge in [-0.3, -0.25) is 0 Å². The van der Waals surface area contributed by atoms with Gasteiger partial charge in [0.15, 0.2) is 11.7 Å². The SMILES string of the molecule is O=C=C1Cc2ccccc2O1. The second-order valence-electron chi connectivity index (χ2n) is 2.41. The molecule has 1 aromatic rings. The summed E-state index contributed by atoms with van der Waals surface area (Å²) in [6, 6.07) is 7.60. The molecule has 2 rings (SSSR count). The summed E-state index contributed by atoms with van der Waals surface area (Å²) < 4.78 is 5.15. The van der Waals surface area contributed by atoms with Crippen molar-refractivity contribution < 1.29 is 9.53 Å². The molecule has 11 heavy (non-hydrogen) atoms. The van der Waals surface area contributed by atoms with Gasteiger partial charge in [-0.15, -0.1) is 0 Å². The predicted molar refractivity (Wildman–Crippen MR) is 40.0 cm³/mol. The second-order valence-corrected chi connectivity index (χ2v) is 2.41. The molecule has 0 bridgehead atoms. The summed E-state index contributed by atoms with van der Waals surface area (Å²) in [6.07, 6.45) is 0.583. The minimum Gasteiger partial charge on any atom is -0.449 e. The molecule has 1 aliphatic heterocycles. The van der Waals surface area contributed by atoms with Crippen LogP contribution in [0.1, 0.15) is 5.56 Å². The first-order chi connectivity index (χ1) is 5.40. The fourth-order valence-electron chi connectivity index (χ4n) is 1.15. The van der Waals surface area contributed by atoms with E-state index < -0.39 is 0 Å². The Labute approximate surface area is 64.1 Å². The molecule has 0 spiro atoms. The molecule has 0 N–H and O–H groups in total. The van der Waals surface area contributed by atoms with E-state index in [0.717, 1.165) is 11.3 Å². The third kappa shape index (κ3) is 0.935. The van der Waals surface area contributed by atoms with Crippen molar-refractivity contribution in [3.63, 3.8) is 0 Å². The Morgan fingerprint density at radius 2 is 2.18 bits per heavy atom. The van der Waals surface area contributed by atoms with E-state index in [1.54, 1.807) is 5.94 Å². The molecule has 2 nitrogen and oxygen atoms in total. The van der Waals surface area contributed by atoms with Crippen LogP contribution in [0, 0.1) is 0 Å². The lowest BCUT2D eigenvalue weighted by molar-refractivity contribution is 0.444. The average molecular weight is 146 g/mol. The fourth-order valence-corrected chi connectivity index (χ4v) is 1.15. The number of hydrogen-bond acceptors (Lipinski definition) is 2. The molecule has 2 heteroatoms. The molecule has 0 atom stereocenters. The van der Waals surface area contributed by atoms with Gasteiger partial charge in [-0.1, -0.05) is 18.2 Å². The van der Waals surface area contributed by atoms with Crippen molar-refractivity contribution in [1.82, 2.24) is 0 Å². The van der Waals surface area contributed by atoms with Gasteiger partial charge in [0, 0.05) is 12.0 Å². The number of rotatable bonds is 0. The largest absolute Gasteiger partial charge is 0.449 e. The standard InChI is InChI=1S/C9H6O2/c10-6-8-5-7-3-1-2-4-9(7)11-8/h1-4H,5H2. The van der Waals surface area contributed by atoms with Gasteiger partial charge in [-0.25, -0.2) is 4.79 Å². The third-order valence-corrected chi connectivity index (χ3v) is 1.67. The summed E-state index contributed by atoms with van der Waals surface area (Å²) in [7, 11) is 0. The van der Waals surface area contributed by atoms with E-state index in [0.29, 0.717) is 12.2 Å². The van der Waals surface area contributed by atoms with Gasteiger partial charge in [0.1, 0.15) is 5.75 Å². The zero-order valence-electron chi connectivity index (χ0n) is 5.83. The lowest BCUT2D eigenvalue weighted by atomic mass is 10.2. The minimum absolute atomic E-state index is 0.381. The van der Waals surface area contributed by atoms with Crippen LogP contribution in [0.15, 0.2) is 30.0 Å². The van der Waals surface area contributed by atoms with E-state index in [-0.39, 0.29) is 0 Å². The van der Waals surface area contributed by atoms with Crippen LogP contribution in [-0.4, -0.2) is 5.94 Å². The highest BCUT2D eigenvalue weighted by Gasteiger charge is 2.16. The summed E-state index contributed by atoms with van der Waals surface area (Å²) in [5.41, 5.74) is 1.06. The van der Waals surface area contributed by atoms with Crippen LogP contribution in [0.2, 0.25) is 0 Å². The third-order valence-electron chi connectivity index (χ3n) is 1.67. The van der Waals surface area contributed by atoms with E-state index in [1.807, 2.05) is 24.3 Å². The van der Waals surface area contributed by atoms with Gasteiger partial charge < -0.3 is 4.74 Å². The lowest BCUT2D eigenvalue weighted by Gasteiger charge is -1.93. The van der Waals surface area contributed by atoms with Crippen molar-refractivity contribution >= 4 is 5.94 Å². The maximum Gasteiger partial charge on any atom is 0.191 e. The molecule has 0 aromatic heterocycles. The molecule has 0 saturated heterocycles. The molecule has 1 heterocycles. The Morgan fingerprint density at radius 3 is 2.91 bits per heavy atom. The Bertz CT molecular complexity index is 308. The average Bonchev–Trinajstić information content (AvgIpc) is 2.46. The zero-order valence-corrected chi connectivity index (χ0v) is 5.83. The zero-order chi connectivity index (χ0) is 7.68. The highest BCUT2D eigenvalue weighted by Crippen LogP contribution is 2.28. The Balaban J connectivity index is 2.48. The number of para-hydroxylation sites is 1. The normalized spacial score (nSPS) is 13.6. The van der Waals surface area contributed by atoms with Crippen molar-refractivity contribution in [3.05, 3.63) is 35.6 Å². The molecule has 0 radical (unpaired) electrons. The van der Waals surface area contributed by atoms with Crippen LogP contribution in [0.5, 0.6) is 5.75 Å². The molecule has 0 aliphatic carbocycles. The maximum atomic E-state index is 10.2. The van der Waals surface area contributed by atoms with Crippen molar-refractivity contribution in [3.8, 4) is 5.75 Å². The summed E-state index contributed by atoms with van der Waals surface area (Å²) in [5.74, 6) is 2.92. The van der Waals surface area contributed by atoms with Gasteiger partial charge in [0.25, 0.3) is 0 Å². The van der Waals surface area contributed by atoms with Crippen molar-refractivity contribution in [2.75, 3.05) is 0 Å². The van der Waals surface area contributed by atoms with Crippen LogP contribution in [0.4, 0.5) is 0 Å². The molecular formula is C9H6O2. The quantitative estimate of drug-likeness (QED) is 0.516. The van der Waals surface area contributed by atoms with Crippen LogP contribution in [-0.2, 0) is 11.2 Å². The van der Waals surface area contributed by atoms with Crippen LogP contribution >= 0.6 is 0 Å². The summed E-state index contributed by atoms with van der Waals surface area (Å²) in [5, 5.41) is 0. The van der Waals surface area contributed by atoms with E-state index in [4.69, 9.17) is 4.74 Å². The first-order valence-corrected chi connectivity index (χ1v) is 3.40. The molecule has 1 aromatic carbocycles. The number of benzene rings is 1. The highest BCUT2D eigenvalue weighted by atomic mass is 16.5. The number of ether oxygens (including phenoxy) is 1. The first kappa shape index (κ1) is 6.20. The minimum atomic E-state index is 0.381. The Kier molecular flexibility index (Phi) is 1.27. The molecule has 0 fully saturated rings. The molecule has 0 saturated carbocycles. The molecule has 54 valence electrons. The summed E-state index contributed by atoms with van der Waals surface area (Å²) in [4.78, 5) is 10.2. The van der Waals surface area contributed by atoms with Crippen molar-refractivity contribution in [2.24, 2.45) is 0 Å². The van der Waals surface area contributed by atoms with Gasteiger partial charge in [-0.2, -0.15) is 0 Å². The van der Waals surface area contributed by atoms with E-state index in [2.05, 4.69) is 0 Å². The van der Waals surface area contributed by atoms with Crippen LogP contribution < -0.4 is 4.74 Å². The first-order valence-electron chi connectivity index (χ1n) is 3.40. The number of allylic oxidation sites excluding steroid dienone is 1. The van der Waals surface area contributed by atoms with Crippen LogP contribution in [0.3, 0.4) is 0 Å². The Morgan fingerprint density at radius 1 is 1.36 bits per heavy atom. The summed E-state index contributed by atoms with van der Waals surface area (Å²) in [6.45, 7) is 0. The van der Waals surface area contributed by atoms with Crippen LogP contribution in [0.25, 0.3) is 0 Å². The molecular weight excluding hydrogens is 140 g/mol. The van der Waals surface area contributed by atoms with Gasteiger partial charge in [0.2, 0.25) is 0 Å². The van der Waals surface area contributed by atoms with E-state index >= 15 is 0 Å². The molecule has 0 amide bonds. The molecule has 0 unspecified atom stereocenters. The lowest BCUT2D eigenvalue weighted by Crippen LogP contribution is -1.86. The number of carbonyl (C=O) groups excluding carboxylic acids is 1. The number of fused-ring (bicyclic) bond motifs is 1. The fraction of sp³-hybridized carbons (Fsp3) is 0.111. The maximum absolute atomic E-state index is 10.2. The van der Waals surface area contributed by atoms with E-state index in [1.165, 1.54) is 0 Å². The molecule has 1 aliphatic rings. The van der Waals surface area contributed by atoms with E-state index in [9.17, 15) is 4.79 Å². The van der Waals surface area contributed by atoms with Crippen molar-refractivity contribution in [1.29, 1.82) is 0 Å².